The lowest BCUT2D eigenvalue weighted by molar-refractivity contribution is -0.688. The number of hydrogen-bond donors (Lipinski definition) is 5. The Morgan fingerprint density at radius 2 is 1.67 bits per heavy atom. The molecule has 3 aliphatic rings. The van der Waals surface area contributed by atoms with Crippen LogP contribution < -0.4 is 14.6 Å². The van der Waals surface area contributed by atoms with Gasteiger partial charge in [-0.2, -0.15) is 10.3 Å². The minimum absolute atomic E-state index is 0.127. The second kappa shape index (κ2) is 22.6. The second-order valence-corrected chi connectivity index (χ2v) is 17.5. The van der Waals surface area contributed by atoms with E-state index in [9.17, 15) is 44.9 Å². The predicted octanol–water partition coefficient (Wildman–Crippen LogP) is 2.54. The molecule has 3 heterocycles. The fourth-order valence-electron chi connectivity index (χ4n) is 8.56. The highest BCUT2D eigenvalue weighted by atomic mass is 16.7. The van der Waals surface area contributed by atoms with Crippen molar-refractivity contribution in [2.45, 2.75) is 134 Å². The van der Waals surface area contributed by atoms with Crippen LogP contribution in [-0.4, -0.2) is 131 Å². The van der Waals surface area contributed by atoms with Crippen molar-refractivity contribution in [1.29, 1.82) is 5.26 Å². The molecule has 16 nitrogen and oxygen atoms in total. The summed E-state index contributed by atoms with van der Waals surface area (Å²) in [7, 11) is 8.08. The molecule has 3 unspecified atom stereocenters. The molecule has 17 heteroatoms. The van der Waals surface area contributed by atoms with Gasteiger partial charge in [-0.15, -0.1) is 0 Å². The summed E-state index contributed by atoms with van der Waals surface area (Å²) < 4.78 is 13.5. The van der Waals surface area contributed by atoms with E-state index in [4.69, 9.17) is 17.3 Å². The number of aliphatic imine (C=N–C) groups is 1. The summed E-state index contributed by atoms with van der Waals surface area (Å²) in [4.78, 5) is 57.3. The van der Waals surface area contributed by atoms with Crippen LogP contribution in [0, 0.1) is 23.8 Å². The number of aliphatic hydroxyl groups excluding tert-OH is 4. The van der Waals surface area contributed by atoms with Crippen LogP contribution in [0.5, 0.6) is 5.75 Å². The Balaban J connectivity index is 1.13. The number of aliphatic hydroxyl groups is 4. The number of ketones is 1. The Kier molecular flexibility index (Phi) is 17.6. The molecule has 2 aliphatic heterocycles. The van der Waals surface area contributed by atoms with Crippen LogP contribution in [0.3, 0.4) is 0 Å². The average molecular weight is 870 g/mol. The van der Waals surface area contributed by atoms with Crippen LogP contribution in [0.15, 0.2) is 53.8 Å². The van der Waals surface area contributed by atoms with E-state index in [1.807, 2.05) is 48.4 Å². The number of carbonyl (C=O) groups is 4. The summed E-state index contributed by atoms with van der Waals surface area (Å²) in [5.74, 6) is -1.74. The Labute approximate surface area is 371 Å². The summed E-state index contributed by atoms with van der Waals surface area (Å²) in [5, 5.41) is 53.1. The van der Waals surface area contributed by atoms with Crippen molar-refractivity contribution in [3.05, 3.63) is 65.5 Å². The van der Waals surface area contributed by atoms with Gasteiger partial charge in [0.05, 0.1) is 30.9 Å². The van der Waals surface area contributed by atoms with Gasteiger partial charge in [-0.1, -0.05) is 38.5 Å². The van der Waals surface area contributed by atoms with E-state index < -0.39 is 54.2 Å². The summed E-state index contributed by atoms with van der Waals surface area (Å²) in [6.07, 6.45) is 13.9. The fraction of sp³-hybridized carbons (Fsp3) is 0.587. The highest BCUT2D eigenvalue weighted by molar-refractivity contribution is 6.34. The smallest absolute Gasteiger partial charge is 0.253 e. The van der Waals surface area contributed by atoms with E-state index in [1.165, 1.54) is 6.92 Å². The van der Waals surface area contributed by atoms with Crippen molar-refractivity contribution < 1.29 is 53.6 Å². The molecule has 2 radical (unpaired) electrons. The van der Waals surface area contributed by atoms with Crippen LogP contribution >= 0.6 is 0 Å². The monoisotopic (exact) mass is 869 g/mol. The summed E-state index contributed by atoms with van der Waals surface area (Å²) in [6, 6.07) is 7.51. The first-order valence-corrected chi connectivity index (χ1v) is 21.9. The maximum Gasteiger partial charge on any atom is 0.253 e. The van der Waals surface area contributed by atoms with E-state index in [-0.39, 0.29) is 30.3 Å². The molecular formula is C46H62BN6O10+. The van der Waals surface area contributed by atoms with Gasteiger partial charge in [-0.25, -0.2) is 4.57 Å². The molecule has 1 saturated heterocycles. The number of rotatable bonds is 23. The quantitative estimate of drug-likeness (QED) is 0.0271. The molecule has 1 aromatic heterocycles. The first-order chi connectivity index (χ1) is 30.1. The number of aryl methyl sites for hydroxylation is 1. The van der Waals surface area contributed by atoms with Gasteiger partial charge in [-0.3, -0.25) is 24.1 Å². The molecule has 1 saturated carbocycles. The van der Waals surface area contributed by atoms with Crippen molar-refractivity contribution in [2.24, 2.45) is 10.4 Å². The number of nitrogens with zero attached hydrogens (tertiary/aromatic N) is 5. The number of carbonyl (C=O) groups excluding carboxylic acids is 4. The van der Waals surface area contributed by atoms with Gasteiger partial charge in [0.1, 0.15) is 31.9 Å². The minimum Gasteiger partial charge on any atom is -0.460 e. The molecule has 1 aliphatic carbocycles. The Morgan fingerprint density at radius 3 is 2.30 bits per heavy atom. The minimum atomic E-state index is -1.96. The SMILES string of the molecule is [B]C(C)(C(=O)CNc1cc(C[n+]2ccc(CC(CCCCCCCCC(=O)N(C)CC3(CO)CCCC3)=NC#N)cc2)cc(C)c1OC1OCC(O)[C@H](O)[C@@H]1O)N1C(=O)C=CC1=O. The molecule has 5 N–H and O–H groups in total. The normalized spacial score (nSPS) is 21.9. The zero-order valence-electron chi connectivity index (χ0n) is 36.7. The molecule has 3 amide bonds. The number of anilines is 1. The molecule has 63 heavy (non-hydrogen) atoms. The number of ether oxygens (including phenoxy) is 2. The van der Waals surface area contributed by atoms with Gasteiger partial charge < -0.3 is 40.1 Å². The molecule has 0 bridgehead atoms. The first kappa shape index (κ1) is 49.0. The lowest BCUT2D eigenvalue weighted by atomic mass is 9.74. The van der Waals surface area contributed by atoms with Gasteiger partial charge >= 0.3 is 0 Å². The zero-order chi connectivity index (χ0) is 45.7. The third kappa shape index (κ3) is 13.0. The highest BCUT2D eigenvalue weighted by Crippen LogP contribution is 2.38. The number of aromatic nitrogens is 1. The number of benzene rings is 1. The number of hydrogen-bond acceptors (Lipinski definition) is 13. The molecule has 2 aromatic rings. The number of imide groups is 1. The number of Topliss-reactive ketones (excluding diaryl/α,β-unsaturated/α-hetero) is 1. The largest absolute Gasteiger partial charge is 0.460 e. The third-order valence-electron chi connectivity index (χ3n) is 12.3. The van der Waals surface area contributed by atoms with Gasteiger partial charge in [0.15, 0.2) is 24.7 Å². The van der Waals surface area contributed by atoms with Crippen LogP contribution in [0.1, 0.15) is 101 Å². The maximum atomic E-state index is 13.4. The van der Waals surface area contributed by atoms with Gasteiger partial charge in [0.25, 0.3) is 11.8 Å². The zero-order valence-corrected chi connectivity index (χ0v) is 36.7. The number of pyridine rings is 1. The topological polar surface area (TPSA) is 226 Å². The fourth-order valence-corrected chi connectivity index (χ4v) is 8.56. The van der Waals surface area contributed by atoms with Crippen molar-refractivity contribution >= 4 is 42.8 Å². The highest BCUT2D eigenvalue weighted by Gasteiger charge is 2.42. The molecule has 2 fully saturated rings. The molecular weight excluding hydrogens is 807 g/mol. The van der Waals surface area contributed by atoms with Gasteiger partial charge in [-0.05, 0) is 69.2 Å². The number of nitrogens with one attached hydrogen (secondary N) is 1. The number of unbranched alkanes of at least 4 members (excludes halogenated alkanes) is 5. The lowest BCUT2D eigenvalue weighted by Gasteiger charge is -2.36. The van der Waals surface area contributed by atoms with Gasteiger partial charge in [0, 0.05) is 67.4 Å². The number of nitriles is 1. The molecule has 1 aromatic carbocycles. The Morgan fingerprint density at radius 1 is 1.03 bits per heavy atom. The third-order valence-corrected chi connectivity index (χ3v) is 12.3. The molecule has 338 valence electrons. The van der Waals surface area contributed by atoms with Crippen LogP contribution in [0.25, 0.3) is 0 Å². The van der Waals surface area contributed by atoms with Crippen molar-refractivity contribution in [2.75, 3.05) is 38.7 Å². The molecule has 0 spiro atoms. The van der Waals surface area contributed by atoms with E-state index in [2.05, 4.69) is 10.3 Å². The van der Waals surface area contributed by atoms with E-state index in [0.717, 1.165) is 93.2 Å². The van der Waals surface area contributed by atoms with Gasteiger partial charge in [0.2, 0.25) is 18.4 Å². The average Bonchev–Trinajstić information content (AvgIpc) is 3.87. The second-order valence-electron chi connectivity index (χ2n) is 17.5. The maximum absolute atomic E-state index is 13.4. The van der Waals surface area contributed by atoms with Crippen molar-refractivity contribution in [1.82, 2.24) is 9.80 Å². The predicted molar refractivity (Wildman–Crippen MR) is 233 cm³/mol. The summed E-state index contributed by atoms with van der Waals surface area (Å²) in [6.45, 7) is 3.49. The lowest BCUT2D eigenvalue weighted by Crippen LogP contribution is -2.57. The molecule has 5 rings (SSSR count). The Bertz CT molecular complexity index is 2010. The summed E-state index contributed by atoms with van der Waals surface area (Å²) in [5.41, 5.74) is 1.39. The van der Waals surface area contributed by atoms with E-state index in [0.29, 0.717) is 48.5 Å². The molecule has 5 atom stereocenters. The standard InChI is InChI=1S/C46H62BN6O10/c1-31-22-33(24-35(43(31)63-44-42(61)41(60)36(55)27-62-44)49-25-37(56)45(2,47)53-39(58)14-15-40(53)59)26-52-20-16-32(17-21-52)23-34(50-30-48)12-8-6-4-5-7-9-13-38(57)51(3)28-46(29-54)18-10-11-19-46/h14-17,20-22,24,36,41-42,44,49,54-55,60-61H,4-13,18-19,23,25-29H2,1-3H3/q+1/t36?,41-,42-,44?,45?/m0/s1. The van der Waals surface area contributed by atoms with Crippen LogP contribution in [0.4, 0.5) is 5.69 Å². The van der Waals surface area contributed by atoms with Crippen LogP contribution in [0.2, 0.25) is 0 Å². The summed E-state index contributed by atoms with van der Waals surface area (Å²) >= 11 is 0. The first-order valence-electron chi connectivity index (χ1n) is 21.9. The number of amides is 3. The van der Waals surface area contributed by atoms with Crippen molar-refractivity contribution in [3.63, 3.8) is 0 Å². The van der Waals surface area contributed by atoms with Crippen LogP contribution in [-0.2, 0) is 36.9 Å². The van der Waals surface area contributed by atoms with E-state index in [1.54, 1.807) is 17.9 Å². The van der Waals surface area contributed by atoms with Crippen molar-refractivity contribution in [3.8, 4) is 11.9 Å². The Hall–Kier alpha value is -4.99. The van der Waals surface area contributed by atoms with E-state index >= 15 is 0 Å².